The van der Waals surface area contributed by atoms with Crippen LogP contribution in [-0.2, 0) is 4.74 Å². The number of halogens is 2. The number of hydrogen-bond donors (Lipinski definition) is 1. The molecule has 19 heavy (non-hydrogen) atoms. The molecule has 1 atom stereocenters. The van der Waals surface area contributed by atoms with Crippen LogP contribution in [0, 0.1) is 5.82 Å². The van der Waals surface area contributed by atoms with E-state index in [-0.39, 0.29) is 11.9 Å². The molecule has 1 aliphatic heterocycles. The number of nitrogens with zero attached hydrogens (tertiary/aromatic N) is 1. The fraction of sp³-hybridized carbons (Fsp3) is 0.571. The van der Waals surface area contributed by atoms with Crippen LogP contribution in [0.1, 0.15) is 13.8 Å². The molecule has 1 unspecified atom stereocenters. The average molecular weight is 331 g/mol. The molecule has 5 heteroatoms. The number of rotatable bonds is 4. The van der Waals surface area contributed by atoms with Gasteiger partial charge in [0, 0.05) is 30.1 Å². The van der Waals surface area contributed by atoms with Gasteiger partial charge in [-0.2, -0.15) is 0 Å². The van der Waals surface area contributed by atoms with Gasteiger partial charge in [0.2, 0.25) is 0 Å². The first-order chi connectivity index (χ1) is 9.06. The molecule has 1 aromatic carbocycles. The highest BCUT2D eigenvalue weighted by Gasteiger charge is 2.22. The molecule has 1 saturated heterocycles. The zero-order valence-electron chi connectivity index (χ0n) is 11.3. The minimum atomic E-state index is -0.237. The Morgan fingerprint density at radius 2 is 2.32 bits per heavy atom. The van der Waals surface area contributed by atoms with Crippen LogP contribution in [0.3, 0.4) is 0 Å². The first-order valence-electron chi connectivity index (χ1n) is 6.61. The second-order valence-electron chi connectivity index (χ2n) is 5.09. The fourth-order valence-electron chi connectivity index (χ4n) is 2.19. The van der Waals surface area contributed by atoms with Gasteiger partial charge in [0.1, 0.15) is 5.82 Å². The second kappa shape index (κ2) is 6.68. The maximum Gasteiger partial charge on any atom is 0.125 e. The quantitative estimate of drug-likeness (QED) is 0.918. The Balaban J connectivity index is 1.89. The monoisotopic (exact) mass is 330 g/mol. The maximum absolute atomic E-state index is 13.2. The summed E-state index contributed by atoms with van der Waals surface area (Å²) in [5.74, 6) is -0.237. The van der Waals surface area contributed by atoms with Crippen molar-refractivity contribution in [1.29, 1.82) is 0 Å². The largest absolute Gasteiger partial charge is 0.381 e. The van der Waals surface area contributed by atoms with Crippen molar-refractivity contribution in [2.24, 2.45) is 0 Å². The highest BCUT2D eigenvalue weighted by molar-refractivity contribution is 9.10. The molecule has 106 valence electrons. The molecule has 0 spiro atoms. The van der Waals surface area contributed by atoms with Gasteiger partial charge in [-0.25, -0.2) is 4.39 Å². The Morgan fingerprint density at radius 1 is 1.53 bits per heavy atom. The molecule has 1 heterocycles. The predicted octanol–water partition coefficient (Wildman–Crippen LogP) is 3.11. The van der Waals surface area contributed by atoms with Crippen molar-refractivity contribution >= 4 is 21.6 Å². The molecule has 0 saturated carbocycles. The lowest BCUT2D eigenvalue weighted by atomic mass is 10.2. The van der Waals surface area contributed by atoms with Crippen molar-refractivity contribution in [2.45, 2.75) is 26.0 Å². The third-order valence-corrected chi connectivity index (χ3v) is 4.04. The van der Waals surface area contributed by atoms with Gasteiger partial charge in [-0.05, 0) is 48.0 Å². The average Bonchev–Trinajstić information content (AvgIpc) is 2.40. The maximum atomic E-state index is 13.2. The number of ether oxygens (including phenoxy) is 1. The molecule has 0 aliphatic carbocycles. The standard InChI is InChI=1S/C14H20BrFN2O/c1-10(2)18-5-6-19-12(9-18)8-17-14-7-11(16)3-4-13(14)15/h3-4,7,10,12,17H,5-6,8-9H2,1-2H3. The summed E-state index contributed by atoms with van der Waals surface area (Å²) in [5, 5.41) is 3.24. The Morgan fingerprint density at radius 3 is 3.05 bits per heavy atom. The van der Waals surface area contributed by atoms with Crippen LogP contribution in [0.25, 0.3) is 0 Å². The van der Waals surface area contributed by atoms with Crippen LogP contribution in [0.15, 0.2) is 22.7 Å². The summed E-state index contributed by atoms with van der Waals surface area (Å²) < 4.78 is 19.8. The molecule has 0 amide bonds. The smallest absolute Gasteiger partial charge is 0.125 e. The fourth-order valence-corrected chi connectivity index (χ4v) is 2.58. The number of anilines is 1. The molecular weight excluding hydrogens is 311 g/mol. The predicted molar refractivity (Wildman–Crippen MR) is 79.0 cm³/mol. The molecule has 0 aromatic heterocycles. The molecule has 1 aromatic rings. The first kappa shape index (κ1) is 14.8. The highest BCUT2D eigenvalue weighted by atomic mass is 79.9. The van der Waals surface area contributed by atoms with Crippen molar-refractivity contribution in [2.75, 3.05) is 31.6 Å². The Hall–Kier alpha value is -0.650. The van der Waals surface area contributed by atoms with Gasteiger partial charge in [-0.15, -0.1) is 0 Å². The third kappa shape index (κ3) is 4.16. The zero-order valence-corrected chi connectivity index (χ0v) is 12.9. The summed E-state index contributed by atoms with van der Waals surface area (Å²) >= 11 is 3.41. The van der Waals surface area contributed by atoms with Crippen molar-refractivity contribution in [3.63, 3.8) is 0 Å². The third-order valence-electron chi connectivity index (χ3n) is 3.35. The summed E-state index contributed by atoms with van der Waals surface area (Å²) in [5.41, 5.74) is 0.769. The number of benzene rings is 1. The number of hydrogen-bond acceptors (Lipinski definition) is 3. The molecule has 1 N–H and O–H groups in total. The summed E-state index contributed by atoms with van der Waals surface area (Å²) in [6.45, 7) is 7.73. The van der Waals surface area contributed by atoms with Crippen LogP contribution in [0.2, 0.25) is 0 Å². The molecule has 1 aliphatic rings. The second-order valence-corrected chi connectivity index (χ2v) is 5.94. The summed E-state index contributed by atoms with van der Waals surface area (Å²) in [4.78, 5) is 2.40. The minimum absolute atomic E-state index is 0.145. The lowest BCUT2D eigenvalue weighted by Gasteiger charge is -2.35. The number of nitrogens with one attached hydrogen (secondary N) is 1. The molecule has 0 bridgehead atoms. The zero-order chi connectivity index (χ0) is 13.8. The van der Waals surface area contributed by atoms with Gasteiger partial charge < -0.3 is 10.1 Å². The molecule has 1 fully saturated rings. The summed E-state index contributed by atoms with van der Waals surface area (Å²) in [6.07, 6.45) is 0.145. The Bertz CT molecular complexity index is 428. The normalized spacial score (nSPS) is 20.8. The van der Waals surface area contributed by atoms with Gasteiger partial charge in [0.05, 0.1) is 18.4 Å². The van der Waals surface area contributed by atoms with E-state index in [9.17, 15) is 4.39 Å². The van der Waals surface area contributed by atoms with Crippen LogP contribution in [0.5, 0.6) is 0 Å². The van der Waals surface area contributed by atoms with Crippen molar-refractivity contribution in [1.82, 2.24) is 4.90 Å². The van der Waals surface area contributed by atoms with Gasteiger partial charge in [0.25, 0.3) is 0 Å². The van der Waals surface area contributed by atoms with Crippen LogP contribution in [0.4, 0.5) is 10.1 Å². The SMILES string of the molecule is CC(C)N1CCOC(CNc2cc(F)ccc2Br)C1. The molecule has 2 rings (SSSR count). The van der Waals surface area contributed by atoms with E-state index in [2.05, 4.69) is 40.0 Å². The van der Waals surface area contributed by atoms with E-state index in [1.165, 1.54) is 12.1 Å². The van der Waals surface area contributed by atoms with Crippen LogP contribution < -0.4 is 5.32 Å². The van der Waals surface area contributed by atoms with Gasteiger partial charge >= 0.3 is 0 Å². The molecule has 3 nitrogen and oxygen atoms in total. The van der Waals surface area contributed by atoms with E-state index in [0.29, 0.717) is 12.6 Å². The topological polar surface area (TPSA) is 24.5 Å². The van der Waals surface area contributed by atoms with E-state index in [1.54, 1.807) is 6.07 Å². The van der Waals surface area contributed by atoms with Gasteiger partial charge in [-0.1, -0.05) is 0 Å². The lowest BCUT2D eigenvalue weighted by Crippen LogP contribution is -2.48. The van der Waals surface area contributed by atoms with E-state index in [4.69, 9.17) is 4.74 Å². The van der Waals surface area contributed by atoms with E-state index < -0.39 is 0 Å². The molecule has 0 radical (unpaired) electrons. The summed E-state index contributed by atoms with van der Waals surface area (Å²) in [6, 6.07) is 5.17. The van der Waals surface area contributed by atoms with Gasteiger partial charge in [-0.3, -0.25) is 4.90 Å². The van der Waals surface area contributed by atoms with E-state index >= 15 is 0 Å². The Kier molecular flexibility index (Phi) is 5.19. The van der Waals surface area contributed by atoms with E-state index in [0.717, 1.165) is 29.9 Å². The summed E-state index contributed by atoms with van der Waals surface area (Å²) in [7, 11) is 0. The first-order valence-corrected chi connectivity index (χ1v) is 7.40. The van der Waals surface area contributed by atoms with Crippen molar-refractivity contribution in [3.8, 4) is 0 Å². The number of morpholine rings is 1. The Labute approximate surface area is 122 Å². The van der Waals surface area contributed by atoms with Crippen LogP contribution >= 0.6 is 15.9 Å². The molecular formula is C14H20BrFN2O. The van der Waals surface area contributed by atoms with Crippen molar-refractivity contribution in [3.05, 3.63) is 28.5 Å². The minimum Gasteiger partial charge on any atom is -0.381 e. The lowest BCUT2D eigenvalue weighted by molar-refractivity contribution is -0.0315. The highest BCUT2D eigenvalue weighted by Crippen LogP contribution is 2.23. The van der Waals surface area contributed by atoms with Gasteiger partial charge in [0.15, 0.2) is 0 Å². The van der Waals surface area contributed by atoms with Crippen molar-refractivity contribution < 1.29 is 9.13 Å². The van der Waals surface area contributed by atoms with Crippen LogP contribution in [-0.4, -0.2) is 43.3 Å². The van der Waals surface area contributed by atoms with E-state index in [1.807, 2.05) is 0 Å².